The van der Waals surface area contributed by atoms with Gasteiger partial charge in [0.25, 0.3) is 0 Å². The zero-order valence-corrected chi connectivity index (χ0v) is 15.2. The van der Waals surface area contributed by atoms with Crippen molar-refractivity contribution in [1.82, 2.24) is 9.78 Å². The molecular formula is C19H27N3O2. The SMILES string of the molecule is CCOc1ccccc1NC(=O)Cc1c(C)nn(CC(C)C)c1C. The molecule has 5 heteroatoms. The van der Waals surface area contributed by atoms with Gasteiger partial charge in [-0.25, -0.2) is 0 Å². The van der Waals surface area contributed by atoms with Crippen LogP contribution in [0.5, 0.6) is 5.75 Å². The Hall–Kier alpha value is -2.30. The maximum atomic E-state index is 12.5. The molecule has 0 aliphatic heterocycles. The molecule has 0 atom stereocenters. The van der Waals surface area contributed by atoms with Crippen LogP contribution in [-0.4, -0.2) is 22.3 Å². The molecule has 0 fully saturated rings. The van der Waals surface area contributed by atoms with Crippen molar-refractivity contribution in [3.63, 3.8) is 0 Å². The van der Waals surface area contributed by atoms with Crippen LogP contribution >= 0.6 is 0 Å². The predicted molar refractivity (Wildman–Crippen MR) is 96.5 cm³/mol. The second-order valence-electron chi connectivity index (χ2n) is 6.38. The van der Waals surface area contributed by atoms with Crippen LogP contribution in [0.25, 0.3) is 0 Å². The third-order valence-corrected chi connectivity index (χ3v) is 3.87. The van der Waals surface area contributed by atoms with E-state index in [-0.39, 0.29) is 5.91 Å². The van der Waals surface area contributed by atoms with E-state index in [1.807, 2.05) is 49.7 Å². The molecule has 1 aromatic heterocycles. The highest BCUT2D eigenvalue weighted by atomic mass is 16.5. The van der Waals surface area contributed by atoms with Gasteiger partial charge in [-0.3, -0.25) is 9.48 Å². The molecule has 0 saturated carbocycles. The number of carbonyl (C=O) groups is 1. The monoisotopic (exact) mass is 329 g/mol. The highest BCUT2D eigenvalue weighted by molar-refractivity contribution is 5.93. The summed E-state index contributed by atoms with van der Waals surface area (Å²) in [6, 6.07) is 7.49. The molecule has 1 heterocycles. The average molecular weight is 329 g/mol. The van der Waals surface area contributed by atoms with Gasteiger partial charge in [0, 0.05) is 17.8 Å². The van der Waals surface area contributed by atoms with E-state index in [0.717, 1.165) is 23.5 Å². The lowest BCUT2D eigenvalue weighted by Crippen LogP contribution is -2.16. The van der Waals surface area contributed by atoms with Crippen LogP contribution in [0.4, 0.5) is 5.69 Å². The fraction of sp³-hybridized carbons (Fsp3) is 0.474. The van der Waals surface area contributed by atoms with Gasteiger partial charge in [-0.2, -0.15) is 5.10 Å². The Morgan fingerprint density at radius 3 is 2.67 bits per heavy atom. The molecule has 130 valence electrons. The molecule has 0 aliphatic carbocycles. The third kappa shape index (κ3) is 4.37. The summed E-state index contributed by atoms with van der Waals surface area (Å²) < 4.78 is 7.55. The molecule has 2 rings (SSSR count). The standard InChI is InChI=1S/C19H27N3O2/c1-6-24-18-10-8-7-9-17(18)20-19(23)11-16-14(4)21-22(15(16)5)12-13(2)3/h7-10,13H,6,11-12H2,1-5H3,(H,20,23). The normalized spacial score (nSPS) is 10.9. The number of nitrogens with zero attached hydrogens (tertiary/aromatic N) is 2. The largest absolute Gasteiger partial charge is 0.492 e. The molecule has 0 unspecified atom stereocenters. The van der Waals surface area contributed by atoms with Gasteiger partial charge in [-0.1, -0.05) is 26.0 Å². The van der Waals surface area contributed by atoms with Crippen molar-refractivity contribution in [3.8, 4) is 5.75 Å². The molecule has 24 heavy (non-hydrogen) atoms. The lowest BCUT2D eigenvalue weighted by atomic mass is 10.1. The van der Waals surface area contributed by atoms with Crippen LogP contribution < -0.4 is 10.1 Å². The van der Waals surface area contributed by atoms with E-state index in [0.29, 0.717) is 30.4 Å². The number of amides is 1. The Balaban J connectivity index is 2.12. The third-order valence-electron chi connectivity index (χ3n) is 3.87. The highest BCUT2D eigenvalue weighted by Gasteiger charge is 2.16. The Kier molecular flexibility index (Phi) is 6.01. The van der Waals surface area contributed by atoms with Crippen molar-refractivity contribution in [2.75, 3.05) is 11.9 Å². The topological polar surface area (TPSA) is 56.1 Å². The number of para-hydroxylation sites is 2. The molecule has 1 N–H and O–H groups in total. The first-order valence-corrected chi connectivity index (χ1v) is 8.46. The van der Waals surface area contributed by atoms with Crippen molar-refractivity contribution in [1.29, 1.82) is 0 Å². The molecule has 2 aromatic rings. The van der Waals surface area contributed by atoms with E-state index < -0.39 is 0 Å². The van der Waals surface area contributed by atoms with Crippen molar-refractivity contribution in [2.24, 2.45) is 5.92 Å². The molecule has 0 bridgehead atoms. The second kappa shape index (κ2) is 7.99. The van der Waals surface area contributed by atoms with Gasteiger partial charge in [0.1, 0.15) is 5.75 Å². The van der Waals surface area contributed by atoms with Gasteiger partial charge in [0.05, 0.1) is 24.4 Å². The number of rotatable bonds is 7. The summed E-state index contributed by atoms with van der Waals surface area (Å²) in [5, 5.41) is 7.52. The lowest BCUT2D eigenvalue weighted by Gasteiger charge is -2.11. The van der Waals surface area contributed by atoms with Crippen molar-refractivity contribution < 1.29 is 9.53 Å². The summed E-state index contributed by atoms with van der Waals surface area (Å²) in [5.74, 6) is 1.15. The highest BCUT2D eigenvalue weighted by Crippen LogP contribution is 2.24. The van der Waals surface area contributed by atoms with Gasteiger partial charge in [-0.05, 0) is 38.8 Å². The zero-order valence-electron chi connectivity index (χ0n) is 15.2. The van der Waals surface area contributed by atoms with Crippen LogP contribution in [0.3, 0.4) is 0 Å². The van der Waals surface area contributed by atoms with Crippen LogP contribution in [0.15, 0.2) is 24.3 Å². The number of benzene rings is 1. The Bertz CT molecular complexity index is 705. The lowest BCUT2D eigenvalue weighted by molar-refractivity contribution is -0.115. The number of carbonyl (C=O) groups excluding carboxylic acids is 1. The van der Waals surface area contributed by atoms with E-state index in [9.17, 15) is 4.79 Å². The van der Waals surface area contributed by atoms with E-state index in [1.165, 1.54) is 0 Å². The van der Waals surface area contributed by atoms with E-state index >= 15 is 0 Å². The van der Waals surface area contributed by atoms with Crippen LogP contribution in [-0.2, 0) is 17.8 Å². The summed E-state index contributed by atoms with van der Waals surface area (Å²) in [5.41, 5.74) is 3.69. The number of ether oxygens (including phenoxy) is 1. The number of aromatic nitrogens is 2. The molecular weight excluding hydrogens is 302 g/mol. The number of anilines is 1. The van der Waals surface area contributed by atoms with Gasteiger partial charge in [-0.15, -0.1) is 0 Å². The number of nitrogens with one attached hydrogen (secondary N) is 1. The van der Waals surface area contributed by atoms with Crippen LogP contribution in [0.2, 0.25) is 0 Å². The predicted octanol–water partition coefficient (Wildman–Crippen LogP) is 3.74. The van der Waals surface area contributed by atoms with Gasteiger partial charge >= 0.3 is 0 Å². The second-order valence-corrected chi connectivity index (χ2v) is 6.38. The fourth-order valence-corrected chi connectivity index (χ4v) is 2.72. The molecule has 5 nitrogen and oxygen atoms in total. The molecule has 1 amide bonds. The molecule has 0 radical (unpaired) electrons. The first kappa shape index (κ1) is 18.0. The molecule has 0 saturated heterocycles. The Labute approximate surface area is 144 Å². The average Bonchev–Trinajstić information content (AvgIpc) is 2.76. The number of hydrogen-bond donors (Lipinski definition) is 1. The van der Waals surface area contributed by atoms with Crippen molar-refractivity contribution in [2.45, 2.75) is 47.6 Å². The first-order chi connectivity index (χ1) is 11.4. The molecule has 0 spiro atoms. The number of aryl methyl sites for hydroxylation is 1. The summed E-state index contributed by atoms with van der Waals surface area (Å²) in [6.45, 7) is 11.7. The van der Waals surface area contributed by atoms with Gasteiger partial charge in [0.2, 0.25) is 5.91 Å². The van der Waals surface area contributed by atoms with Gasteiger partial charge < -0.3 is 10.1 Å². The van der Waals surface area contributed by atoms with E-state index in [1.54, 1.807) is 0 Å². The summed E-state index contributed by atoms with van der Waals surface area (Å²) in [6.07, 6.45) is 0.316. The fourth-order valence-electron chi connectivity index (χ4n) is 2.72. The minimum absolute atomic E-state index is 0.0579. The van der Waals surface area contributed by atoms with E-state index in [4.69, 9.17) is 4.74 Å². The smallest absolute Gasteiger partial charge is 0.229 e. The molecule has 1 aromatic carbocycles. The van der Waals surface area contributed by atoms with Gasteiger partial charge in [0.15, 0.2) is 0 Å². The molecule has 0 aliphatic rings. The summed E-state index contributed by atoms with van der Waals surface area (Å²) in [4.78, 5) is 12.5. The summed E-state index contributed by atoms with van der Waals surface area (Å²) >= 11 is 0. The van der Waals surface area contributed by atoms with Crippen molar-refractivity contribution in [3.05, 3.63) is 41.2 Å². The minimum atomic E-state index is -0.0579. The van der Waals surface area contributed by atoms with Crippen LogP contribution in [0, 0.1) is 19.8 Å². The maximum absolute atomic E-state index is 12.5. The van der Waals surface area contributed by atoms with Crippen LogP contribution in [0.1, 0.15) is 37.7 Å². The first-order valence-electron chi connectivity index (χ1n) is 8.46. The number of hydrogen-bond acceptors (Lipinski definition) is 3. The quantitative estimate of drug-likeness (QED) is 0.842. The van der Waals surface area contributed by atoms with E-state index in [2.05, 4.69) is 24.3 Å². The summed E-state index contributed by atoms with van der Waals surface area (Å²) in [7, 11) is 0. The minimum Gasteiger partial charge on any atom is -0.492 e. The Morgan fingerprint density at radius 2 is 2.00 bits per heavy atom. The zero-order chi connectivity index (χ0) is 17.7. The Morgan fingerprint density at radius 1 is 1.29 bits per heavy atom. The van der Waals surface area contributed by atoms with Crippen molar-refractivity contribution >= 4 is 11.6 Å². The maximum Gasteiger partial charge on any atom is 0.229 e.